The van der Waals surface area contributed by atoms with Crippen molar-refractivity contribution in [3.05, 3.63) is 59.3 Å². The Hall–Kier alpha value is -2.55. The van der Waals surface area contributed by atoms with Crippen LogP contribution in [0.1, 0.15) is 34.9 Å². The van der Waals surface area contributed by atoms with Crippen LogP contribution in [-0.4, -0.2) is 23.2 Å². The zero-order chi connectivity index (χ0) is 19.6. The van der Waals surface area contributed by atoms with E-state index in [4.69, 9.17) is 4.74 Å². The predicted octanol–water partition coefficient (Wildman–Crippen LogP) is 4.13. The molecule has 2 heterocycles. The van der Waals surface area contributed by atoms with E-state index in [2.05, 4.69) is 15.3 Å². The number of thioether (sulfide) groups is 1. The molecule has 0 spiro atoms. The summed E-state index contributed by atoms with van der Waals surface area (Å²) in [5, 5.41) is 2.35. The van der Waals surface area contributed by atoms with Gasteiger partial charge in [-0.25, -0.2) is 4.98 Å². The molecule has 3 rings (SSSR count). The minimum absolute atomic E-state index is 0.0568. The topological polar surface area (TPSA) is 63.6 Å². The molecule has 0 bridgehead atoms. The van der Waals surface area contributed by atoms with Gasteiger partial charge in [0.25, 0.3) is 0 Å². The highest BCUT2D eigenvalue weighted by molar-refractivity contribution is 8.15. The van der Waals surface area contributed by atoms with E-state index in [9.17, 15) is 18.0 Å². The van der Waals surface area contributed by atoms with Gasteiger partial charge in [0.05, 0.1) is 18.7 Å². The predicted molar refractivity (Wildman–Crippen MR) is 96.6 cm³/mol. The third kappa shape index (κ3) is 4.24. The number of hydrogen-bond acceptors (Lipinski definition) is 5. The Balaban J connectivity index is 1.84. The molecule has 27 heavy (non-hydrogen) atoms. The Morgan fingerprint density at radius 2 is 2.04 bits per heavy atom. The lowest BCUT2D eigenvalue weighted by Gasteiger charge is -2.15. The summed E-state index contributed by atoms with van der Waals surface area (Å²) in [6.45, 7) is 1.56. The van der Waals surface area contributed by atoms with Crippen molar-refractivity contribution in [1.82, 2.24) is 10.3 Å². The molecule has 1 fully saturated rings. The van der Waals surface area contributed by atoms with Crippen molar-refractivity contribution in [3.63, 3.8) is 0 Å². The number of alkyl halides is 3. The minimum Gasteiger partial charge on any atom is -0.481 e. The number of carbonyl (C=O) groups is 1. The average Bonchev–Trinajstić information content (AvgIpc) is 3.01. The van der Waals surface area contributed by atoms with E-state index in [1.807, 2.05) is 0 Å². The molecule has 1 saturated heterocycles. The van der Waals surface area contributed by atoms with E-state index in [0.29, 0.717) is 11.4 Å². The van der Waals surface area contributed by atoms with E-state index in [1.54, 1.807) is 19.1 Å². The summed E-state index contributed by atoms with van der Waals surface area (Å²) >= 11 is 1.15. The van der Waals surface area contributed by atoms with E-state index in [1.165, 1.54) is 31.5 Å². The van der Waals surface area contributed by atoms with E-state index >= 15 is 0 Å². The fraction of sp³-hybridized carbons (Fsp3) is 0.278. The second-order valence-corrected chi connectivity index (χ2v) is 6.91. The molecule has 1 N–H and O–H groups in total. The molecular weight excluding hydrogens is 379 g/mol. The summed E-state index contributed by atoms with van der Waals surface area (Å²) in [7, 11) is 1.47. The molecule has 142 valence electrons. The maximum absolute atomic E-state index is 13.2. The number of hydrogen-bond donors (Lipinski definition) is 1. The van der Waals surface area contributed by atoms with Gasteiger partial charge >= 0.3 is 6.18 Å². The molecule has 2 atom stereocenters. The van der Waals surface area contributed by atoms with Gasteiger partial charge in [0.2, 0.25) is 11.8 Å². The maximum atomic E-state index is 13.2. The van der Waals surface area contributed by atoms with Gasteiger partial charge in [-0.2, -0.15) is 13.2 Å². The molecule has 0 aliphatic carbocycles. The maximum Gasteiger partial charge on any atom is 0.416 e. The molecule has 5 nitrogen and oxygen atoms in total. The van der Waals surface area contributed by atoms with Gasteiger partial charge in [-0.1, -0.05) is 30.0 Å². The van der Waals surface area contributed by atoms with Crippen molar-refractivity contribution < 1.29 is 22.7 Å². The van der Waals surface area contributed by atoms with Crippen LogP contribution in [0.2, 0.25) is 0 Å². The zero-order valence-electron chi connectivity index (χ0n) is 14.4. The molecule has 9 heteroatoms. The number of nitrogens with zero attached hydrogens (tertiary/aromatic N) is 2. The number of amidine groups is 1. The van der Waals surface area contributed by atoms with Crippen LogP contribution in [-0.2, 0) is 11.0 Å². The minimum atomic E-state index is -4.47. The number of halogens is 3. The number of carbonyl (C=O) groups excluding carboxylic acids is 1. The summed E-state index contributed by atoms with van der Waals surface area (Å²) in [6, 6.07) is 7.85. The van der Waals surface area contributed by atoms with Crippen molar-refractivity contribution in [1.29, 1.82) is 0 Å². The fourth-order valence-electron chi connectivity index (χ4n) is 2.71. The third-order valence-electron chi connectivity index (χ3n) is 4.00. The highest BCUT2D eigenvalue weighted by Crippen LogP contribution is 2.38. The van der Waals surface area contributed by atoms with Crippen molar-refractivity contribution in [2.45, 2.75) is 24.4 Å². The Bertz CT molecular complexity index is 886. The van der Waals surface area contributed by atoms with Crippen LogP contribution in [0, 0.1) is 0 Å². The number of aliphatic imine (C=N–C) groups is 1. The van der Waals surface area contributed by atoms with Gasteiger partial charge in [0.15, 0.2) is 5.17 Å². The summed E-state index contributed by atoms with van der Waals surface area (Å²) in [5.74, 6) is 0.0853. The van der Waals surface area contributed by atoms with Gasteiger partial charge in [-0.3, -0.25) is 9.79 Å². The normalized spacial score (nSPS) is 19.8. The molecule has 2 aromatic rings. The highest BCUT2D eigenvalue weighted by Gasteiger charge is 2.35. The second kappa shape index (κ2) is 7.59. The number of rotatable bonds is 4. The number of methoxy groups -OCH3 is 1. The molecule has 1 aliphatic heterocycles. The van der Waals surface area contributed by atoms with Gasteiger partial charge in [-0.05, 0) is 30.2 Å². The van der Waals surface area contributed by atoms with Crippen LogP contribution in [0.5, 0.6) is 5.88 Å². The lowest BCUT2D eigenvalue weighted by Crippen LogP contribution is -2.22. The molecule has 0 radical (unpaired) electrons. The largest absolute Gasteiger partial charge is 0.481 e. The summed E-state index contributed by atoms with van der Waals surface area (Å²) < 4.78 is 44.6. The Kier molecular flexibility index (Phi) is 5.41. The first-order valence-electron chi connectivity index (χ1n) is 8.01. The van der Waals surface area contributed by atoms with Crippen molar-refractivity contribution in [2.75, 3.05) is 7.11 Å². The third-order valence-corrected chi connectivity index (χ3v) is 5.15. The monoisotopic (exact) mass is 395 g/mol. The molecule has 1 aromatic carbocycles. The molecule has 1 amide bonds. The molecule has 0 saturated carbocycles. The zero-order valence-corrected chi connectivity index (χ0v) is 15.3. The summed E-state index contributed by atoms with van der Waals surface area (Å²) in [4.78, 5) is 20.6. The summed E-state index contributed by atoms with van der Waals surface area (Å²) in [5.41, 5.74) is 0.00543. The lowest BCUT2D eigenvalue weighted by molar-refractivity contribution is -0.138. The van der Waals surface area contributed by atoms with E-state index < -0.39 is 23.0 Å². The van der Waals surface area contributed by atoms with Crippen LogP contribution >= 0.6 is 11.8 Å². The van der Waals surface area contributed by atoms with E-state index in [0.717, 1.165) is 17.8 Å². The average molecular weight is 395 g/mol. The first kappa shape index (κ1) is 19.2. The van der Waals surface area contributed by atoms with Crippen LogP contribution in [0.15, 0.2) is 47.6 Å². The Morgan fingerprint density at radius 3 is 2.74 bits per heavy atom. The first-order valence-corrected chi connectivity index (χ1v) is 8.89. The second-order valence-electron chi connectivity index (χ2n) is 5.81. The smallest absolute Gasteiger partial charge is 0.416 e. The van der Waals surface area contributed by atoms with Gasteiger partial charge in [0, 0.05) is 12.3 Å². The fourth-order valence-corrected chi connectivity index (χ4v) is 3.76. The van der Waals surface area contributed by atoms with Gasteiger partial charge in [0.1, 0.15) is 5.25 Å². The van der Waals surface area contributed by atoms with Crippen LogP contribution in [0.3, 0.4) is 0 Å². The van der Waals surface area contributed by atoms with Crippen molar-refractivity contribution in [2.24, 2.45) is 4.99 Å². The Labute approximate surface area is 158 Å². The molecular formula is C18H16F3N3O2S. The quantitative estimate of drug-likeness (QED) is 0.846. The van der Waals surface area contributed by atoms with Gasteiger partial charge in [-0.15, -0.1) is 0 Å². The number of amides is 1. The van der Waals surface area contributed by atoms with Crippen LogP contribution < -0.4 is 10.1 Å². The molecule has 1 aromatic heterocycles. The first-order chi connectivity index (χ1) is 12.8. The Morgan fingerprint density at radius 1 is 1.30 bits per heavy atom. The SMILES string of the molecule is COc1cc(C2SC(=N[C@H](C)c3ccccc3C(F)(F)F)NC2=O)ccn1. The summed E-state index contributed by atoms with van der Waals surface area (Å²) in [6.07, 6.45) is -2.94. The number of ether oxygens (including phenoxy) is 1. The molecule has 1 aliphatic rings. The lowest BCUT2D eigenvalue weighted by atomic mass is 10.0. The van der Waals surface area contributed by atoms with Crippen LogP contribution in [0.25, 0.3) is 0 Å². The number of pyridine rings is 1. The highest BCUT2D eigenvalue weighted by atomic mass is 32.2. The number of aromatic nitrogens is 1. The number of benzene rings is 1. The van der Waals surface area contributed by atoms with Gasteiger partial charge < -0.3 is 10.1 Å². The molecule has 1 unspecified atom stereocenters. The standard InChI is InChI=1S/C18H16F3N3O2S/c1-10(12-5-3-4-6-13(12)18(19,20)21)23-17-24-16(25)15(27-17)11-7-8-22-14(9-11)26-2/h3-10,15H,1-2H3,(H,23,24,25)/t10-,15?/m1/s1. The van der Waals surface area contributed by atoms with Crippen molar-refractivity contribution in [3.8, 4) is 5.88 Å². The van der Waals surface area contributed by atoms with Crippen LogP contribution in [0.4, 0.5) is 13.2 Å². The number of nitrogens with one attached hydrogen (secondary N) is 1. The van der Waals surface area contributed by atoms with E-state index in [-0.39, 0.29) is 16.6 Å². The van der Waals surface area contributed by atoms with Crippen molar-refractivity contribution >= 4 is 22.8 Å².